The highest BCUT2D eigenvalue weighted by Gasteiger charge is 2.24. The van der Waals surface area contributed by atoms with Gasteiger partial charge in [-0.15, -0.1) is 35.3 Å². The Morgan fingerprint density at radius 3 is 2.81 bits per heavy atom. The smallest absolute Gasteiger partial charge is 0.191 e. The van der Waals surface area contributed by atoms with Gasteiger partial charge in [0.15, 0.2) is 5.96 Å². The molecule has 2 aliphatic rings. The summed E-state index contributed by atoms with van der Waals surface area (Å²) in [6, 6.07) is 4.80. The van der Waals surface area contributed by atoms with Gasteiger partial charge in [-0.3, -0.25) is 9.89 Å². The number of aliphatic imine (C=N–C) groups is 1. The topological polar surface area (TPSA) is 48.9 Å². The number of rotatable bonds is 10. The molecule has 0 spiro atoms. The van der Waals surface area contributed by atoms with E-state index in [1.807, 2.05) is 11.3 Å². The van der Waals surface area contributed by atoms with Crippen molar-refractivity contribution in [2.45, 2.75) is 38.6 Å². The van der Waals surface area contributed by atoms with Crippen LogP contribution in [0.2, 0.25) is 0 Å². The zero-order valence-electron chi connectivity index (χ0n) is 15.8. The molecule has 1 aromatic heterocycles. The molecule has 1 atom stereocenters. The molecule has 1 aromatic rings. The van der Waals surface area contributed by atoms with Crippen LogP contribution in [0.25, 0.3) is 0 Å². The van der Waals surface area contributed by atoms with Crippen LogP contribution in [0.4, 0.5) is 0 Å². The minimum absolute atomic E-state index is 0. The Balaban J connectivity index is 0.00000243. The van der Waals surface area contributed by atoms with E-state index in [-0.39, 0.29) is 24.0 Å². The lowest BCUT2D eigenvalue weighted by atomic mass is 10.2. The summed E-state index contributed by atoms with van der Waals surface area (Å²) in [5.74, 6) is 1.73. The molecule has 1 saturated heterocycles. The number of nitrogens with zero attached hydrogens (tertiary/aromatic N) is 2. The maximum atomic E-state index is 5.70. The molecule has 0 bridgehead atoms. The van der Waals surface area contributed by atoms with Crippen molar-refractivity contribution >= 4 is 41.3 Å². The second-order valence-electron chi connectivity index (χ2n) is 6.94. The fourth-order valence-electron chi connectivity index (χ4n) is 3.22. The zero-order chi connectivity index (χ0) is 17.3. The third kappa shape index (κ3) is 7.32. The Morgan fingerprint density at radius 1 is 1.35 bits per heavy atom. The van der Waals surface area contributed by atoms with Gasteiger partial charge in [0.05, 0.1) is 19.2 Å². The van der Waals surface area contributed by atoms with Crippen molar-refractivity contribution in [2.24, 2.45) is 10.9 Å². The first-order chi connectivity index (χ1) is 12.4. The van der Waals surface area contributed by atoms with Crippen LogP contribution in [0.5, 0.6) is 0 Å². The summed E-state index contributed by atoms with van der Waals surface area (Å²) >= 11 is 1.84. The third-order valence-electron chi connectivity index (χ3n) is 4.81. The Hall–Kier alpha value is -0.380. The van der Waals surface area contributed by atoms with E-state index in [9.17, 15) is 0 Å². The lowest BCUT2D eigenvalue weighted by molar-refractivity contribution is 0.129. The van der Waals surface area contributed by atoms with Crippen molar-refractivity contribution in [1.82, 2.24) is 15.5 Å². The van der Waals surface area contributed by atoms with E-state index < -0.39 is 0 Å². The Kier molecular flexibility index (Phi) is 10.2. The van der Waals surface area contributed by atoms with Gasteiger partial charge >= 0.3 is 0 Å². The number of guanidine groups is 1. The van der Waals surface area contributed by atoms with Crippen molar-refractivity contribution in [3.8, 4) is 0 Å². The van der Waals surface area contributed by atoms with E-state index in [4.69, 9.17) is 9.73 Å². The van der Waals surface area contributed by atoms with E-state index in [0.29, 0.717) is 6.04 Å². The molecule has 1 unspecified atom stereocenters. The molecule has 2 N–H and O–H groups in total. The predicted molar refractivity (Wildman–Crippen MR) is 121 cm³/mol. The molecule has 26 heavy (non-hydrogen) atoms. The number of halogens is 1. The number of nitrogens with one attached hydrogen (secondary N) is 2. The predicted octanol–water partition coefficient (Wildman–Crippen LogP) is 3.48. The Morgan fingerprint density at radius 2 is 2.15 bits per heavy atom. The first kappa shape index (κ1) is 21.9. The van der Waals surface area contributed by atoms with Gasteiger partial charge in [-0.05, 0) is 63.1 Å². The second kappa shape index (κ2) is 12.2. The molecule has 2 fully saturated rings. The zero-order valence-corrected chi connectivity index (χ0v) is 18.9. The molecule has 0 radical (unpaired) electrons. The molecule has 0 amide bonds. The quantitative estimate of drug-likeness (QED) is 0.227. The van der Waals surface area contributed by atoms with Gasteiger partial charge in [0, 0.05) is 24.6 Å². The lowest BCUT2D eigenvalue weighted by Crippen LogP contribution is -2.40. The average Bonchev–Trinajstić information content (AvgIpc) is 3.07. The van der Waals surface area contributed by atoms with Crippen LogP contribution in [-0.2, 0) is 4.74 Å². The molecule has 5 nitrogen and oxygen atoms in total. The molecule has 1 aliphatic heterocycles. The van der Waals surface area contributed by atoms with Gasteiger partial charge in [-0.25, -0.2) is 0 Å². The maximum Gasteiger partial charge on any atom is 0.191 e. The normalized spacial score (nSPS) is 19.2. The SMILES string of the molecule is CCNC(=NCC(c1cccs1)N1CCCC1)NCCOCC1CC1.I. The standard InChI is InChI=1S/C19H32N4OS.HI/c1-2-20-19(21-9-12-24-15-16-7-8-16)22-14-17(18-6-5-13-25-18)23-10-3-4-11-23;/h5-6,13,16-17H,2-4,7-12,14-15H2,1H3,(H2,20,21,22);1H. The minimum Gasteiger partial charge on any atom is -0.379 e. The molecular formula is C19H33IN4OS. The highest BCUT2D eigenvalue weighted by atomic mass is 127. The first-order valence-corrected chi connectivity index (χ1v) is 10.6. The van der Waals surface area contributed by atoms with Crippen LogP contribution < -0.4 is 10.6 Å². The number of ether oxygens (including phenoxy) is 1. The third-order valence-corrected chi connectivity index (χ3v) is 5.78. The summed E-state index contributed by atoms with van der Waals surface area (Å²) in [6.45, 7) is 8.66. The van der Waals surface area contributed by atoms with Gasteiger partial charge in [0.1, 0.15) is 0 Å². The fourth-order valence-corrected chi connectivity index (χ4v) is 4.07. The van der Waals surface area contributed by atoms with E-state index in [2.05, 4.69) is 40.0 Å². The molecule has 0 aromatic carbocycles. The summed E-state index contributed by atoms with van der Waals surface area (Å²) in [5.41, 5.74) is 0. The molecule has 7 heteroatoms. The van der Waals surface area contributed by atoms with Crippen LogP contribution in [0.1, 0.15) is 43.5 Å². The van der Waals surface area contributed by atoms with Gasteiger partial charge in [-0.1, -0.05) is 6.07 Å². The van der Waals surface area contributed by atoms with Crippen LogP contribution in [0, 0.1) is 5.92 Å². The molecule has 2 heterocycles. The van der Waals surface area contributed by atoms with Crippen LogP contribution in [-0.4, -0.2) is 56.8 Å². The van der Waals surface area contributed by atoms with Gasteiger partial charge < -0.3 is 15.4 Å². The minimum atomic E-state index is 0. The molecule has 148 valence electrons. The summed E-state index contributed by atoms with van der Waals surface area (Å²) in [4.78, 5) is 8.87. The Labute approximate surface area is 179 Å². The monoisotopic (exact) mass is 492 g/mol. The van der Waals surface area contributed by atoms with Crippen LogP contribution in [0.3, 0.4) is 0 Å². The maximum absolute atomic E-state index is 5.70. The summed E-state index contributed by atoms with van der Waals surface area (Å²) < 4.78 is 5.70. The number of likely N-dealkylation sites (tertiary alicyclic amines) is 1. The van der Waals surface area contributed by atoms with Gasteiger partial charge in [-0.2, -0.15) is 0 Å². The van der Waals surface area contributed by atoms with Crippen molar-refractivity contribution in [3.63, 3.8) is 0 Å². The van der Waals surface area contributed by atoms with Gasteiger partial charge in [0.25, 0.3) is 0 Å². The van der Waals surface area contributed by atoms with Crippen LogP contribution in [0.15, 0.2) is 22.5 Å². The van der Waals surface area contributed by atoms with Gasteiger partial charge in [0.2, 0.25) is 0 Å². The van der Waals surface area contributed by atoms with Crippen molar-refractivity contribution in [3.05, 3.63) is 22.4 Å². The summed E-state index contributed by atoms with van der Waals surface area (Å²) in [7, 11) is 0. The van der Waals surface area contributed by atoms with Crippen molar-refractivity contribution < 1.29 is 4.74 Å². The second-order valence-corrected chi connectivity index (χ2v) is 7.92. The van der Waals surface area contributed by atoms with E-state index in [1.165, 1.54) is 43.6 Å². The molecule has 1 saturated carbocycles. The average molecular weight is 492 g/mol. The molecule has 3 rings (SSSR count). The summed E-state index contributed by atoms with van der Waals surface area (Å²) in [5, 5.41) is 8.93. The van der Waals surface area contributed by atoms with Crippen molar-refractivity contribution in [2.75, 3.05) is 45.9 Å². The lowest BCUT2D eigenvalue weighted by Gasteiger charge is -2.25. The summed E-state index contributed by atoms with van der Waals surface area (Å²) in [6.07, 6.45) is 5.31. The Bertz CT molecular complexity index is 516. The largest absolute Gasteiger partial charge is 0.379 e. The number of hydrogen-bond acceptors (Lipinski definition) is 4. The van der Waals surface area contributed by atoms with E-state index in [1.54, 1.807) is 0 Å². The molecular weight excluding hydrogens is 459 g/mol. The number of hydrogen-bond donors (Lipinski definition) is 2. The van der Waals surface area contributed by atoms with E-state index >= 15 is 0 Å². The van der Waals surface area contributed by atoms with Crippen LogP contribution >= 0.6 is 35.3 Å². The molecule has 1 aliphatic carbocycles. The van der Waals surface area contributed by atoms with Crippen molar-refractivity contribution in [1.29, 1.82) is 0 Å². The number of thiophene rings is 1. The first-order valence-electron chi connectivity index (χ1n) is 9.74. The van der Waals surface area contributed by atoms with E-state index in [0.717, 1.165) is 44.7 Å². The highest BCUT2D eigenvalue weighted by Crippen LogP contribution is 2.29. The fraction of sp³-hybridized carbons (Fsp3) is 0.737. The highest BCUT2D eigenvalue weighted by molar-refractivity contribution is 14.0.